The summed E-state index contributed by atoms with van der Waals surface area (Å²) in [5.41, 5.74) is 1.46. The first-order valence-electron chi connectivity index (χ1n) is 6.47. The lowest BCUT2D eigenvalue weighted by molar-refractivity contribution is -0.130. The van der Waals surface area contributed by atoms with Crippen molar-refractivity contribution >= 4 is 29.5 Å². The Morgan fingerprint density at radius 2 is 2.05 bits per heavy atom. The van der Waals surface area contributed by atoms with Gasteiger partial charge in [-0.3, -0.25) is 9.59 Å². The molecule has 1 aromatic rings. The van der Waals surface area contributed by atoms with Crippen LogP contribution in [0.5, 0.6) is 0 Å². The van der Waals surface area contributed by atoms with Gasteiger partial charge in [-0.2, -0.15) is 0 Å². The monoisotopic (exact) mass is 292 g/mol. The van der Waals surface area contributed by atoms with Crippen LogP contribution in [0.3, 0.4) is 0 Å². The highest BCUT2D eigenvalue weighted by molar-refractivity contribution is 6.30. The standard InChI is InChI=1S/C15H17ClN2O2/c1-10(9-11-3-5-12(16)6-4-11)14(19)17-13-7-8-18(2)15(13)20/h3-6,9,13H,7-8H2,1-2H3,(H,17,19). The fourth-order valence-electron chi connectivity index (χ4n) is 2.10. The second-order valence-electron chi connectivity index (χ2n) is 4.95. The van der Waals surface area contributed by atoms with Crippen molar-refractivity contribution in [2.45, 2.75) is 19.4 Å². The van der Waals surface area contributed by atoms with Crippen molar-refractivity contribution in [2.75, 3.05) is 13.6 Å². The van der Waals surface area contributed by atoms with E-state index in [1.165, 1.54) is 0 Å². The van der Waals surface area contributed by atoms with Gasteiger partial charge in [0.25, 0.3) is 0 Å². The fraction of sp³-hybridized carbons (Fsp3) is 0.333. The maximum atomic E-state index is 12.0. The summed E-state index contributed by atoms with van der Waals surface area (Å²) < 4.78 is 0. The normalized spacial score (nSPS) is 19.4. The summed E-state index contributed by atoms with van der Waals surface area (Å²) in [6.45, 7) is 2.41. The van der Waals surface area contributed by atoms with Crippen LogP contribution in [0, 0.1) is 0 Å². The van der Waals surface area contributed by atoms with E-state index in [1.807, 2.05) is 12.1 Å². The van der Waals surface area contributed by atoms with Crippen LogP contribution in [0.15, 0.2) is 29.8 Å². The molecule has 1 heterocycles. The van der Waals surface area contributed by atoms with Gasteiger partial charge in [0, 0.05) is 24.2 Å². The Morgan fingerprint density at radius 3 is 2.60 bits per heavy atom. The van der Waals surface area contributed by atoms with E-state index < -0.39 is 6.04 Å². The van der Waals surface area contributed by atoms with Crippen LogP contribution in [-0.4, -0.2) is 36.3 Å². The molecule has 1 fully saturated rings. The Balaban J connectivity index is 2.01. The first-order valence-corrected chi connectivity index (χ1v) is 6.85. The number of carbonyl (C=O) groups is 2. The predicted molar refractivity (Wildman–Crippen MR) is 79.3 cm³/mol. The molecule has 0 bridgehead atoms. The molecule has 0 saturated carbocycles. The highest BCUT2D eigenvalue weighted by Crippen LogP contribution is 2.13. The minimum Gasteiger partial charge on any atom is -0.344 e. The minimum atomic E-state index is -0.402. The van der Waals surface area contributed by atoms with E-state index >= 15 is 0 Å². The van der Waals surface area contributed by atoms with E-state index in [0.29, 0.717) is 23.6 Å². The van der Waals surface area contributed by atoms with Crippen molar-refractivity contribution < 1.29 is 9.59 Å². The van der Waals surface area contributed by atoms with Gasteiger partial charge >= 0.3 is 0 Å². The van der Waals surface area contributed by atoms with E-state index in [9.17, 15) is 9.59 Å². The van der Waals surface area contributed by atoms with Gasteiger partial charge in [0.1, 0.15) is 6.04 Å². The number of carbonyl (C=O) groups excluding carboxylic acids is 2. The molecule has 1 N–H and O–H groups in total. The smallest absolute Gasteiger partial charge is 0.247 e. The molecule has 0 radical (unpaired) electrons. The summed E-state index contributed by atoms with van der Waals surface area (Å²) in [6, 6.07) is 6.82. The fourth-order valence-corrected chi connectivity index (χ4v) is 2.23. The molecule has 2 amide bonds. The molecule has 0 spiro atoms. The van der Waals surface area contributed by atoms with Gasteiger partial charge in [-0.15, -0.1) is 0 Å². The van der Waals surface area contributed by atoms with Crippen LogP contribution in [0.2, 0.25) is 5.02 Å². The number of rotatable bonds is 3. The maximum Gasteiger partial charge on any atom is 0.247 e. The van der Waals surface area contributed by atoms with Crippen molar-refractivity contribution in [3.63, 3.8) is 0 Å². The van der Waals surface area contributed by atoms with Crippen LogP contribution in [-0.2, 0) is 9.59 Å². The van der Waals surface area contributed by atoms with E-state index in [-0.39, 0.29) is 11.8 Å². The molecular formula is C15H17ClN2O2. The number of benzene rings is 1. The van der Waals surface area contributed by atoms with Crippen LogP contribution in [0.4, 0.5) is 0 Å². The number of amides is 2. The molecule has 1 unspecified atom stereocenters. The molecule has 4 nitrogen and oxygen atoms in total. The zero-order valence-corrected chi connectivity index (χ0v) is 12.3. The summed E-state index contributed by atoms with van der Waals surface area (Å²) >= 11 is 5.81. The lowest BCUT2D eigenvalue weighted by Crippen LogP contribution is -2.40. The van der Waals surface area contributed by atoms with Crippen molar-refractivity contribution in [3.8, 4) is 0 Å². The SMILES string of the molecule is CC(=Cc1ccc(Cl)cc1)C(=O)NC1CCN(C)C1=O. The molecule has 5 heteroatoms. The van der Waals surface area contributed by atoms with Crippen LogP contribution >= 0.6 is 11.6 Å². The molecule has 1 aromatic carbocycles. The zero-order chi connectivity index (χ0) is 14.7. The predicted octanol–water partition coefficient (Wildman–Crippen LogP) is 2.09. The number of nitrogens with zero attached hydrogens (tertiary/aromatic N) is 1. The molecule has 1 aliphatic rings. The van der Waals surface area contributed by atoms with Crippen LogP contribution < -0.4 is 5.32 Å². The van der Waals surface area contributed by atoms with E-state index in [0.717, 1.165) is 5.56 Å². The van der Waals surface area contributed by atoms with Crippen molar-refractivity contribution in [1.29, 1.82) is 0 Å². The Kier molecular flexibility index (Phi) is 4.45. The third-order valence-electron chi connectivity index (χ3n) is 3.34. The molecule has 106 valence electrons. The zero-order valence-electron chi connectivity index (χ0n) is 11.5. The van der Waals surface area contributed by atoms with Gasteiger partial charge in [-0.1, -0.05) is 23.7 Å². The first-order chi connectivity index (χ1) is 9.47. The van der Waals surface area contributed by atoms with Crippen LogP contribution in [0.25, 0.3) is 6.08 Å². The quantitative estimate of drug-likeness (QED) is 0.867. The number of likely N-dealkylation sites (tertiary alicyclic amines) is 1. The second-order valence-corrected chi connectivity index (χ2v) is 5.39. The Hall–Kier alpha value is -1.81. The third-order valence-corrected chi connectivity index (χ3v) is 3.60. The second kappa shape index (κ2) is 6.09. The number of likely N-dealkylation sites (N-methyl/N-ethyl adjacent to an activating group) is 1. The van der Waals surface area contributed by atoms with Gasteiger partial charge in [0.2, 0.25) is 11.8 Å². The molecule has 2 rings (SSSR count). The molecule has 0 aromatic heterocycles. The number of nitrogens with one attached hydrogen (secondary N) is 1. The largest absolute Gasteiger partial charge is 0.344 e. The van der Waals surface area contributed by atoms with Crippen LogP contribution in [0.1, 0.15) is 18.9 Å². The lowest BCUT2D eigenvalue weighted by Gasteiger charge is -2.12. The third kappa shape index (κ3) is 3.39. The average Bonchev–Trinajstić information content (AvgIpc) is 2.73. The summed E-state index contributed by atoms with van der Waals surface area (Å²) in [7, 11) is 1.74. The average molecular weight is 293 g/mol. The summed E-state index contributed by atoms with van der Waals surface area (Å²) in [5, 5.41) is 3.42. The molecule has 1 atom stereocenters. The summed E-state index contributed by atoms with van der Waals surface area (Å²) in [6.07, 6.45) is 2.43. The first kappa shape index (κ1) is 14.6. The highest BCUT2D eigenvalue weighted by atomic mass is 35.5. The molecular weight excluding hydrogens is 276 g/mol. The van der Waals surface area contributed by atoms with Crippen molar-refractivity contribution in [3.05, 3.63) is 40.4 Å². The van der Waals surface area contributed by atoms with Gasteiger partial charge in [0.05, 0.1) is 0 Å². The number of hydrogen-bond donors (Lipinski definition) is 1. The van der Waals surface area contributed by atoms with E-state index in [2.05, 4.69) is 5.32 Å². The number of halogens is 1. The van der Waals surface area contributed by atoms with Gasteiger partial charge in [-0.05, 0) is 37.1 Å². The van der Waals surface area contributed by atoms with Crippen molar-refractivity contribution in [1.82, 2.24) is 10.2 Å². The summed E-state index contributed by atoms with van der Waals surface area (Å²) in [4.78, 5) is 25.4. The maximum absolute atomic E-state index is 12.0. The Morgan fingerprint density at radius 1 is 1.40 bits per heavy atom. The van der Waals surface area contributed by atoms with Gasteiger partial charge < -0.3 is 10.2 Å². The molecule has 1 saturated heterocycles. The minimum absolute atomic E-state index is 0.0300. The lowest BCUT2D eigenvalue weighted by atomic mass is 10.1. The van der Waals surface area contributed by atoms with E-state index in [1.54, 1.807) is 37.1 Å². The topological polar surface area (TPSA) is 49.4 Å². The highest BCUT2D eigenvalue weighted by Gasteiger charge is 2.30. The van der Waals surface area contributed by atoms with Crippen molar-refractivity contribution in [2.24, 2.45) is 0 Å². The van der Waals surface area contributed by atoms with E-state index in [4.69, 9.17) is 11.6 Å². The van der Waals surface area contributed by atoms with Gasteiger partial charge in [0.15, 0.2) is 0 Å². The summed E-state index contributed by atoms with van der Waals surface area (Å²) in [5.74, 6) is -0.244. The van der Waals surface area contributed by atoms with Gasteiger partial charge in [-0.25, -0.2) is 0 Å². The Bertz CT molecular complexity index is 551. The molecule has 20 heavy (non-hydrogen) atoms. The molecule has 1 aliphatic heterocycles. The Labute approximate surface area is 123 Å². The number of hydrogen-bond acceptors (Lipinski definition) is 2. The molecule has 0 aliphatic carbocycles.